The van der Waals surface area contributed by atoms with Gasteiger partial charge in [0.2, 0.25) is 0 Å². The molecule has 5 heteroatoms. The van der Waals surface area contributed by atoms with E-state index >= 15 is 0 Å². The molecule has 1 aromatic heterocycles. The zero-order valence-electron chi connectivity index (χ0n) is 17.3. The molecule has 0 amide bonds. The number of aromatic nitrogens is 1. The van der Waals surface area contributed by atoms with E-state index < -0.39 is 5.60 Å². The van der Waals surface area contributed by atoms with Crippen LogP contribution in [0.15, 0.2) is 42.5 Å². The molecule has 0 aliphatic carbocycles. The zero-order chi connectivity index (χ0) is 20.6. The van der Waals surface area contributed by atoms with Crippen molar-refractivity contribution in [1.82, 2.24) is 9.88 Å². The fourth-order valence-corrected chi connectivity index (χ4v) is 5.01. The second kappa shape index (κ2) is 8.03. The molecule has 4 aliphatic rings. The third-order valence-corrected chi connectivity index (χ3v) is 6.80. The number of benzene rings is 1. The van der Waals surface area contributed by atoms with Crippen molar-refractivity contribution in [3.05, 3.63) is 59.3 Å². The Morgan fingerprint density at radius 3 is 2.50 bits per heavy atom. The molecule has 1 unspecified atom stereocenters. The van der Waals surface area contributed by atoms with Crippen LogP contribution in [0.25, 0.3) is 0 Å². The van der Waals surface area contributed by atoms with Crippen LogP contribution in [-0.2, 0) is 6.42 Å². The molecule has 0 saturated carbocycles. The number of anilines is 1. The van der Waals surface area contributed by atoms with E-state index in [1.165, 1.54) is 5.56 Å². The largest absolute Gasteiger partial charge is 0.391 e. The number of β-amino-alcohol motifs (C(OH)–C–C–N with tert-alkyl or cyclic N) is 1. The van der Waals surface area contributed by atoms with Crippen molar-refractivity contribution in [1.29, 1.82) is 0 Å². The lowest BCUT2D eigenvalue weighted by molar-refractivity contribution is -0.0713. The first-order valence-corrected chi connectivity index (χ1v) is 11.0. The summed E-state index contributed by atoms with van der Waals surface area (Å²) < 4.78 is 0. The Bertz CT molecular complexity index is 959. The van der Waals surface area contributed by atoms with Crippen LogP contribution in [0.5, 0.6) is 0 Å². The predicted molar refractivity (Wildman–Crippen MR) is 117 cm³/mol. The number of aliphatic hydroxyl groups excluding tert-OH is 1. The van der Waals surface area contributed by atoms with Crippen LogP contribution in [0.4, 0.5) is 5.82 Å². The van der Waals surface area contributed by atoms with Crippen LogP contribution < -0.4 is 4.90 Å². The lowest BCUT2D eigenvalue weighted by Gasteiger charge is -2.47. The number of fused-ring (bicyclic) bond motifs is 3. The topological polar surface area (TPSA) is 59.8 Å². The molecular formula is C25H29N3O2. The number of aliphatic hydroxyl groups is 2. The van der Waals surface area contributed by atoms with Crippen molar-refractivity contribution in [3.63, 3.8) is 0 Å². The second-order valence-electron chi connectivity index (χ2n) is 8.94. The van der Waals surface area contributed by atoms with Gasteiger partial charge in [0.15, 0.2) is 0 Å². The summed E-state index contributed by atoms with van der Waals surface area (Å²) in [7, 11) is 0. The van der Waals surface area contributed by atoms with E-state index in [1.54, 1.807) is 0 Å². The van der Waals surface area contributed by atoms with Crippen molar-refractivity contribution < 1.29 is 10.2 Å². The van der Waals surface area contributed by atoms with Gasteiger partial charge in [-0.2, -0.15) is 0 Å². The average molecular weight is 404 g/mol. The van der Waals surface area contributed by atoms with Crippen LogP contribution in [0.2, 0.25) is 0 Å². The number of hydrogen-bond acceptors (Lipinski definition) is 5. The van der Waals surface area contributed by atoms with Gasteiger partial charge in [-0.25, -0.2) is 4.98 Å². The molecule has 4 fully saturated rings. The highest BCUT2D eigenvalue weighted by atomic mass is 16.3. The molecule has 4 saturated heterocycles. The van der Waals surface area contributed by atoms with Crippen LogP contribution in [-0.4, -0.2) is 64.5 Å². The van der Waals surface area contributed by atoms with Crippen LogP contribution >= 0.6 is 0 Å². The first-order valence-electron chi connectivity index (χ1n) is 11.0. The summed E-state index contributed by atoms with van der Waals surface area (Å²) in [5, 5.41) is 21.1. The Labute approximate surface area is 178 Å². The standard InChI is InChI=1S/C25H29N3O2/c29-22-11-15-28(17-22)24-7-6-20(23(26-24)16-19-4-2-1-3-5-19)8-12-25(30)18-27-13-9-21(25)10-14-27/h1-7,21-22,29-30H,9-11,13-18H2/t22-,25?/m0/s1. The Balaban J connectivity index is 1.46. The quantitative estimate of drug-likeness (QED) is 0.769. The Hall–Kier alpha value is -2.39. The SMILES string of the molecule is O[C@H]1CCN(c2ccc(C#CC3(O)CN4CCC3CC4)c(Cc3ccccc3)n2)C1. The van der Waals surface area contributed by atoms with E-state index in [-0.39, 0.29) is 12.0 Å². The maximum Gasteiger partial charge on any atom is 0.141 e. The van der Waals surface area contributed by atoms with Crippen molar-refractivity contribution in [2.75, 3.05) is 37.6 Å². The molecule has 30 heavy (non-hydrogen) atoms. The van der Waals surface area contributed by atoms with Gasteiger partial charge < -0.3 is 15.1 Å². The minimum Gasteiger partial charge on any atom is -0.391 e. The van der Waals surface area contributed by atoms with Crippen molar-refractivity contribution in [2.24, 2.45) is 5.92 Å². The maximum absolute atomic E-state index is 11.2. The van der Waals surface area contributed by atoms with Crippen LogP contribution in [0, 0.1) is 17.8 Å². The van der Waals surface area contributed by atoms with Crippen molar-refractivity contribution in [3.8, 4) is 11.8 Å². The normalized spacial score (nSPS) is 30.2. The summed E-state index contributed by atoms with van der Waals surface area (Å²) >= 11 is 0. The Kier molecular flexibility index (Phi) is 5.24. The Morgan fingerprint density at radius 1 is 1.03 bits per heavy atom. The van der Waals surface area contributed by atoms with Crippen molar-refractivity contribution >= 4 is 5.82 Å². The van der Waals surface area contributed by atoms with E-state index in [9.17, 15) is 10.2 Å². The molecule has 2 bridgehead atoms. The molecule has 5 nitrogen and oxygen atoms in total. The summed E-state index contributed by atoms with van der Waals surface area (Å²) in [5.41, 5.74) is 2.08. The highest BCUT2D eigenvalue weighted by molar-refractivity contribution is 5.50. The van der Waals surface area contributed by atoms with Gasteiger partial charge >= 0.3 is 0 Å². The number of pyridine rings is 1. The van der Waals surface area contributed by atoms with Gasteiger partial charge in [0.25, 0.3) is 0 Å². The summed E-state index contributed by atoms with van der Waals surface area (Å²) in [6, 6.07) is 14.3. The lowest BCUT2D eigenvalue weighted by Crippen LogP contribution is -2.58. The first-order chi connectivity index (χ1) is 14.6. The van der Waals surface area contributed by atoms with E-state index in [1.807, 2.05) is 30.3 Å². The molecule has 2 atom stereocenters. The molecule has 2 N–H and O–H groups in total. The van der Waals surface area contributed by atoms with Gasteiger partial charge in [-0.3, -0.25) is 4.90 Å². The van der Waals surface area contributed by atoms with Gasteiger partial charge in [-0.15, -0.1) is 0 Å². The van der Waals surface area contributed by atoms with Gasteiger partial charge in [0.1, 0.15) is 11.4 Å². The predicted octanol–water partition coefficient (Wildman–Crippen LogP) is 2.05. The van der Waals surface area contributed by atoms with Crippen LogP contribution in [0.1, 0.15) is 36.1 Å². The third-order valence-electron chi connectivity index (χ3n) is 6.80. The van der Waals surface area contributed by atoms with Gasteiger partial charge in [-0.1, -0.05) is 42.2 Å². The monoisotopic (exact) mass is 403 g/mol. The minimum atomic E-state index is -0.918. The van der Waals surface area contributed by atoms with E-state index in [0.717, 1.165) is 56.0 Å². The Morgan fingerprint density at radius 2 is 1.83 bits per heavy atom. The smallest absolute Gasteiger partial charge is 0.141 e. The number of nitrogens with zero attached hydrogens (tertiary/aromatic N) is 3. The fourth-order valence-electron chi connectivity index (χ4n) is 5.01. The molecule has 156 valence electrons. The molecule has 0 radical (unpaired) electrons. The number of hydrogen-bond donors (Lipinski definition) is 2. The zero-order valence-corrected chi connectivity index (χ0v) is 17.3. The second-order valence-corrected chi connectivity index (χ2v) is 8.94. The molecule has 4 aliphatic heterocycles. The van der Waals surface area contributed by atoms with E-state index in [0.29, 0.717) is 19.5 Å². The first kappa shape index (κ1) is 19.6. The summed E-state index contributed by atoms with van der Waals surface area (Å²) in [5.74, 6) is 7.70. The molecular weight excluding hydrogens is 374 g/mol. The minimum absolute atomic E-state index is 0.269. The van der Waals surface area contributed by atoms with Crippen LogP contribution in [0.3, 0.4) is 0 Å². The summed E-state index contributed by atoms with van der Waals surface area (Å²) in [4.78, 5) is 9.39. The van der Waals surface area contributed by atoms with Gasteiger partial charge in [0.05, 0.1) is 11.8 Å². The number of rotatable bonds is 3. The third kappa shape index (κ3) is 3.96. The summed E-state index contributed by atoms with van der Waals surface area (Å²) in [6.07, 6.45) is 3.24. The highest BCUT2D eigenvalue weighted by Crippen LogP contribution is 2.35. The maximum atomic E-state index is 11.2. The van der Waals surface area contributed by atoms with E-state index in [4.69, 9.17) is 4.98 Å². The molecule has 6 rings (SSSR count). The highest BCUT2D eigenvalue weighted by Gasteiger charge is 2.44. The van der Waals surface area contributed by atoms with Gasteiger partial charge in [-0.05, 0) is 50.0 Å². The molecule has 0 spiro atoms. The van der Waals surface area contributed by atoms with Gasteiger partial charge in [0, 0.05) is 37.5 Å². The molecule has 2 aromatic rings. The number of piperidine rings is 3. The fraction of sp³-hybridized carbons (Fsp3) is 0.480. The summed E-state index contributed by atoms with van der Waals surface area (Å²) in [6.45, 7) is 4.24. The molecule has 5 heterocycles. The molecule has 1 aromatic carbocycles. The average Bonchev–Trinajstić information content (AvgIpc) is 3.20. The van der Waals surface area contributed by atoms with E-state index in [2.05, 4.69) is 33.8 Å². The lowest BCUT2D eigenvalue weighted by atomic mass is 9.75. The van der Waals surface area contributed by atoms with Crippen molar-refractivity contribution in [2.45, 2.75) is 37.4 Å².